The van der Waals surface area contributed by atoms with E-state index in [1.54, 1.807) is 36.3 Å². The number of anilines is 1. The number of primary amides is 1. The van der Waals surface area contributed by atoms with Crippen molar-refractivity contribution in [1.29, 1.82) is 0 Å². The maximum absolute atomic E-state index is 12.3. The van der Waals surface area contributed by atoms with Crippen LogP contribution in [0.5, 0.6) is 5.75 Å². The summed E-state index contributed by atoms with van der Waals surface area (Å²) in [5, 5.41) is 2.60. The van der Waals surface area contributed by atoms with E-state index in [9.17, 15) is 14.4 Å². The number of nitrogens with zero attached hydrogens (tertiary/aromatic N) is 1. The molecule has 1 aliphatic rings. The standard InChI is InChI=1S/C16H21N3O4/c1-16(2,15(17)22)18-14(21)10-7-13(20)19(9-10)11-5-4-6-12(8-11)23-3/h4-6,8,10H,7,9H2,1-3H3,(H2,17,22)(H,18,21)/t10-/m1/s1. The summed E-state index contributed by atoms with van der Waals surface area (Å²) >= 11 is 0. The molecule has 0 aliphatic carbocycles. The van der Waals surface area contributed by atoms with Gasteiger partial charge in [-0.05, 0) is 26.0 Å². The van der Waals surface area contributed by atoms with Crippen LogP contribution in [0.4, 0.5) is 5.69 Å². The smallest absolute Gasteiger partial charge is 0.242 e. The first-order chi connectivity index (χ1) is 10.7. The number of nitrogens with two attached hydrogens (primary N) is 1. The summed E-state index contributed by atoms with van der Waals surface area (Å²) < 4.78 is 5.15. The quantitative estimate of drug-likeness (QED) is 0.821. The van der Waals surface area contributed by atoms with Gasteiger partial charge < -0.3 is 20.7 Å². The van der Waals surface area contributed by atoms with Crippen LogP contribution in [0.2, 0.25) is 0 Å². The molecule has 0 radical (unpaired) electrons. The van der Waals surface area contributed by atoms with Crippen LogP contribution in [0, 0.1) is 5.92 Å². The fourth-order valence-electron chi connectivity index (χ4n) is 2.38. The van der Waals surface area contributed by atoms with Gasteiger partial charge in [0.15, 0.2) is 0 Å². The molecule has 1 fully saturated rings. The van der Waals surface area contributed by atoms with Crippen LogP contribution >= 0.6 is 0 Å². The van der Waals surface area contributed by atoms with Crippen molar-refractivity contribution in [2.75, 3.05) is 18.6 Å². The molecule has 0 aromatic heterocycles. The fourth-order valence-corrected chi connectivity index (χ4v) is 2.38. The lowest BCUT2D eigenvalue weighted by atomic mass is 10.0. The third kappa shape index (κ3) is 3.61. The Morgan fingerprint density at radius 2 is 2.09 bits per heavy atom. The number of ether oxygens (including phenoxy) is 1. The molecule has 1 aromatic carbocycles. The first-order valence-electron chi connectivity index (χ1n) is 7.31. The zero-order valence-electron chi connectivity index (χ0n) is 13.5. The van der Waals surface area contributed by atoms with E-state index in [0.717, 1.165) is 0 Å². The van der Waals surface area contributed by atoms with Crippen LogP contribution in [-0.2, 0) is 14.4 Å². The molecule has 1 aromatic rings. The van der Waals surface area contributed by atoms with Gasteiger partial charge in [-0.25, -0.2) is 0 Å². The molecular weight excluding hydrogens is 298 g/mol. The van der Waals surface area contributed by atoms with Gasteiger partial charge >= 0.3 is 0 Å². The zero-order chi connectivity index (χ0) is 17.2. The van der Waals surface area contributed by atoms with Gasteiger partial charge in [-0.3, -0.25) is 14.4 Å². The molecule has 2 rings (SSSR count). The van der Waals surface area contributed by atoms with Gasteiger partial charge in [0.2, 0.25) is 17.7 Å². The highest BCUT2D eigenvalue weighted by Gasteiger charge is 2.38. The number of carbonyl (C=O) groups is 3. The maximum Gasteiger partial charge on any atom is 0.242 e. The van der Waals surface area contributed by atoms with Gasteiger partial charge in [-0.1, -0.05) is 6.07 Å². The normalized spacial score (nSPS) is 18.0. The Morgan fingerprint density at radius 3 is 2.70 bits per heavy atom. The Kier molecular flexibility index (Phi) is 4.58. The molecule has 0 unspecified atom stereocenters. The van der Waals surface area contributed by atoms with Crippen LogP contribution in [0.3, 0.4) is 0 Å². The average molecular weight is 319 g/mol. The molecule has 3 amide bonds. The van der Waals surface area contributed by atoms with E-state index in [2.05, 4.69) is 5.32 Å². The van der Waals surface area contributed by atoms with Gasteiger partial charge in [0.05, 0.1) is 13.0 Å². The van der Waals surface area contributed by atoms with Crippen molar-refractivity contribution in [3.63, 3.8) is 0 Å². The van der Waals surface area contributed by atoms with Crippen LogP contribution in [0.25, 0.3) is 0 Å². The van der Waals surface area contributed by atoms with Crippen molar-refractivity contribution in [3.05, 3.63) is 24.3 Å². The molecule has 1 atom stereocenters. The Hall–Kier alpha value is -2.57. The Bertz CT molecular complexity index is 642. The lowest BCUT2D eigenvalue weighted by molar-refractivity contribution is -0.132. The van der Waals surface area contributed by atoms with Crippen molar-refractivity contribution < 1.29 is 19.1 Å². The van der Waals surface area contributed by atoms with Crippen LogP contribution in [-0.4, -0.2) is 36.9 Å². The molecule has 3 N–H and O–H groups in total. The van der Waals surface area contributed by atoms with E-state index in [0.29, 0.717) is 11.4 Å². The highest BCUT2D eigenvalue weighted by Crippen LogP contribution is 2.28. The average Bonchev–Trinajstić information content (AvgIpc) is 2.89. The van der Waals surface area contributed by atoms with Gasteiger partial charge in [0.25, 0.3) is 0 Å². The minimum absolute atomic E-state index is 0.0951. The van der Waals surface area contributed by atoms with Crippen LogP contribution in [0.15, 0.2) is 24.3 Å². The van der Waals surface area contributed by atoms with Gasteiger partial charge in [-0.2, -0.15) is 0 Å². The van der Waals surface area contributed by atoms with E-state index in [-0.39, 0.29) is 24.8 Å². The Balaban J connectivity index is 2.10. The molecule has 124 valence electrons. The highest BCUT2D eigenvalue weighted by atomic mass is 16.5. The van der Waals surface area contributed by atoms with E-state index in [1.807, 2.05) is 0 Å². The number of hydrogen-bond acceptors (Lipinski definition) is 4. The van der Waals surface area contributed by atoms with Crippen LogP contribution < -0.4 is 20.7 Å². The minimum Gasteiger partial charge on any atom is -0.497 e. The van der Waals surface area contributed by atoms with Crippen molar-refractivity contribution >= 4 is 23.4 Å². The lowest BCUT2D eigenvalue weighted by Gasteiger charge is -2.24. The molecular formula is C16H21N3O4. The van der Waals surface area contributed by atoms with E-state index < -0.39 is 17.4 Å². The number of methoxy groups -OCH3 is 1. The summed E-state index contributed by atoms with van der Waals surface area (Å²) in [6.45, 7) is 3.32. The van der Waals surface area contributed by atoms with Crippen molar-refractivity contribution in [2.24, 2.45) is 11.7 Å². The topological polar surface area (TPSA) is 102 Å². The van der Waals surface area contributed by atoms with Gasteiger partial charge in [0, 0.05) is 24.7 Å². The molecule has 23 heavy (non-hydrogen) atoms. The molecule has 1 aliphatic heterocycles. The highest BCUT2D eigenvalue weighted by molar-refractivity contribution is 6.01. The largest absolute Gasteiger partial charge is 0.497 e. The molecule has 1 heterocycles. The zero-order valence-corrected chi connectivity index (χ0v) is 13.5. The van der Waals surface area contributed by atoms with Gasteiger partial charge in [0.1, 0.15) is 11.3 Å². The van der Waals surface area contributed by atoms with Gasteiger partial charge in [-0.15, -0.1) is 0 Å². The number of nitrogens with one attached hydrogen (secondary N) is 1. The molecule has 1 saturated heterocycles. The Labute approximate surface area is 134 Å². The first-order valence-corrected chi connectivity index (χ1v) is 7.31. The number of amides is 3. The summed E-state index contributed by atoms with van der Waals surface area (Å²) in [6, 6.07) is 7.09. The summed E-state index contributed by atoms with van der Waals surface area (Å²) in [7, 11) is 1.55. The molecule has 0 bridgehead atoms. The summed E-state index contributed by atoms with van der Waals surface area (Å²) in [5.74, 6) is -1.01. The number of benzene rings is 1. The summed E-state index contributed by atoms with van der Waals surface area (Å²) in [4.78, 5) is 37.3. The number of carbonyl (C=O) groups excluding carboxylic acids is 3. The van der Waals surface area contributed by atoms with E-state index in [4.69, 9.17) is 10.5 Å². The maximum atomic E-state index is 12.3. The van der Waals surface area contributed by atoms with Crippen molar-refractivity contribution in [1.82, 2.24) is 5.32 Å². The predicted octanol–water partition coefficient (Wildman–Crippen LogP) is 0.428. The third-order valence-electron chi connectivity index (χ3n) is 3.91. The van der Waals surface area contributed by atoms with Crippen LogP contribution in [0.1, 0.15) is 20.3 Å². The number of rotatable bonds is 5. The minimum atomic E-state index is -1.15. The van der Waals surface area contributed by atoms with E-state index in [1.165, 1.54) is 13.8 Å². The SMILES string of the molecule is COc1cccc(N2C[C@H](C(=O)NC(C)(C)C(N)=O)CC2=O)c1. The van der Waals surface area contributed by atoms with E-state index >= 15 is 0 Å². The number of hydrogen-bond donors (Lipinski definition) is 2. The Morgan fingerprint density at radius 1 is 1.39 bits per heavy atom. The van der Waals surface area contributed by atoms with Crippen molar-refractivity contribution in [3.8, 4) is 5.75 Å². The van der Waals surface area contributed by atoms with Crippen molar-refractivity contribution in [2.45, 2.75) is 25.8 Å². The molecule has 7 nitrogen and oxygen atoms in total. The second-order valence-electron chi connectivity index (χ2n) is 6.09. The predicted molar refractivity (Wildman–Crippen MR) is 84.9 cm³/mol. The monoisotopic (exact) mass is 319 g/mol. The summed E-state index contributed by atoms with van der Waals surface area (Å²) in [6.07, 6.45) is 0.0951. The lowest BCUT2D eigenvalue weighted by Crippen LogP contribution is -2.54. The molecule has 0 saturated carbocycles. The summed E-state index contributed by atoms with van der Waals surface area (Å²) in [5.41, 5.74) is 4.78. The first kappa shape index (κ1) is 16.8. The second-order valence-corrected chi connectivity index (χ2v) is 6.09. The molecule has 0 spiro atoms. The second kappa shape index (κ2) is 6.28. The molecule has 7 heteroatoms. The third-order valence-corrected chi connectivity index (χ3v) is 3.91. The fraction of sp³-hybridized carbons (Fsp3) is 0.438.